The van der Waals surface area contributed by atoms with Gasteiger partial charge in [0.25, 0.3) is 0 Å². The molecule has 1 aromatic heterocycles. The molecule has 0 saturated carbocycles. The standard InChI is InChI=1S/C18H17FN2OS/c1-3-22-16-9-6-13(10-15(16)20)18-21-17(11(2)23-18)12-4-7-14(19)8-5-12/h4-10H,3,20H2,1-2H3. The molecule has 3 rings (SSSR count). The number of thiazole rings is 1. The molecule has 0 aliphatic carbocycles. The number of aryl methyl sites for hydroxylation is 1. The molecule has 0 atom stereocenters. The van der Waals surface area contributed by atoms with E-state index in [0.29, 0.717) is 18.0 Å². The number of ether oxygens (including phenoxy) is 1. The van der Waals surface area contributed by atoms with E-state index < -0.39 is 0 Å². The number of hydrogen-bond donors (Lipinski definition) is 1. The normalized spacial score (nSPS) is 10.7. The number of hydrogen-bond acceptors (Lipinski definition) is 4. The number of nitrogen functional groups attached to an aromatic ring is 1. The Hall–Kier alpha value is -2.40. The number of anilines is 1. The van der Waals surface area contributed by atoms with E-state index in [9.17, 15) is 4.39 Å². The lowest BCUT2D eigenvalue weighted by molar-refractivity contribution is 0.342. The molecule has 5 heteroatoms. The first kappa shape index (κ1) is 15.5. The average molecular weight is 328 g/mol. The summed E-state index contributed by atoms with van der Waals surface area (Å²) in [5, 5.41) is 0.886. The molecule has 0 amide bonds. The first-order chi connectivity index (χ1) is 11.1. The zero-order valence-corrected chi connectivity index (χ0v) is 13.8. The van der Waals surface area contributed by atoms with Crippen molar-refractivity contribution in [1.82, 2.24) is 4.98 Å². The first-order valence-corrected chi connectivity index (χ1v) is 8.16. The van der Waals surface area contributed by atoms with Crippen molar-refractivity contribution in [1.29, 1.82) is 0 Å². The molecule has 0 saturated heterocycles. The summed E-state index contributed by atoms with van der Waals surface area (Å²) in [5.74, 6) is 0.435. The Morgan fingerprint density at radius 3 is 2.48 bits per heavy atom. The Labute approximate surface area is 138 Å². The van der Waals surface area contributed by atoms with Gasteiger partial charge in [0.15, 0.2) is 0 Å². The van der Waals surface area contributed by atoms with Gasteiger partial charge < -0.3 is 10.5 Å². The molecular weight excluding hydrogens is 311 g/mol. The highest BCUT2D eigenvalue weighted by molar-refractivity contribution is 7.15. The van der Waals surface area contributed by atoms with E-state index in [1.165, 1.54) is 12.1 Å². The summed E-state index contributed by atoms with van der Waals surface area (Å²) in [6.07, 6.45) is 0. The molecular formula is C18H17FN2OS. The van der Waals surface area contributed by atoms with Gasteiger partial charge in [-0.2, -0.15) is 0 Å². The third-order valence-corrected chi connectivity index (χ3v) is 4.49. The summed E-state index contributed by atoms with van der Waals surface area (Å²) in [6, 6.07) is 12.1. The molecule has 0 spiro atoms. The second kappa shape index (κ2) is 6.38. The van der Waals surface area contributed by atoms with Gasteiger partial charge in [-0.25, -0.2) is 9.37 Å². The van der Waals surface area contributed by atoms with Crippen LogP contribution in [0.25, 0.3) is 21.8 Å². The largest absolute Gasteiger partial charge is 0.492 e. The fourth-order valence-corrected chi connectivity index (χ4v) is 3.30. The zero-order valence-electron chi connectivity index (χ0n) is 13.0. The summed E-state index contributed by atoms with van der Waals surface area (Å²) < 4.78 is 18.5. The van der Waals surface area contributed by atoms with Crippen LogP contribution < -0.4 is 10.5 Å². The molecule has 118 valence electrons. The van der Waals surface area contributed by atoms with Gasteiger partial charge >= 0.3 is 0 Å². The van der Waals surface area contributed by atoms with Crippen LogP contribution in [0.15, 0.2) is 42.5 Å². The maximum absolute atomic E-state index is 13.1. The fourth-order valence-electron chi connectivity index (χ4n) is 2.36. The molecule has 0 aliphatic rings. The topological polar surface area (TPSA) is 48.1 Å². The molecule has 1 heterocycles. The quantitative estimate of drug-likeness (QED) is 0.693. The molecule has 3 aromatic rings. The lowest BCUT2D eigenvalue weighted by Gasteiger charge is -2.07. The number of nitrogens with two attached hydrogens (primary N) is 1. The van der Waals surface area contributed by atoms with Gasteiger partial charge in [-0.3, -0.25) is 0 Å². The van der Waals surface area contributed by atoms with Crippen molar-refractivity contribution in [2.75, 3.05) is 12.3 Å². The monoisotopic (exact) mass is 328 g/mol. The summed E-state index contributed by atoms with van der Waals surface area (Å²) in [4.78, 5) is 5.78. The summed E-state index contributed by atoms with van der Waals surface area (Å²) in [6.45, 7) is 4.51. The number of rotatable bonds is 4. The van der Waals surface area contributed by atoms with Gasteiger partial charge in [-0.05, 0) is 56.3 Å². The van der Waals surface area contributed by atoms with Gasteiger partial charge in [0.2, 0.25) is 0 Å². The number of halogens is 1. The van der Waals surface area contributed by atoms with Crippen molar-refractivity contribution < 1.29 is 9.13 Å². The second-order valence-corrected chi connectivity index (χ2v) is 6.32. The highest BCUT2D eigenvalue weighted by atomic mass is 32.1. The van der Waals surface area contributed by atoms with Crippen LogP contribution in [0.4, 0.5) is 10.1 Å². The van der Waals surface area contributed by atoms with E-state index >= 15 is 0 Å². The minimum atomic E-state index is -0.249. The third kappa shape index (κ3) is 3.19. The van der Waals surface area contributed by atoms with Crippen LogP contribution >= 0.6 is 11.3 Å². The highest BCUT2D eigenvalue weighted by Gasteiger charge is 2.12. The lowest BCUT2D eigenvalue weighted by atomic mass is 10.1. The van der Waals surface area contributed by atoms with Crippen LogP contribution in [0, 0.1) is 12.7 Å². The SMILES string of the molecule is CCOc1ccc(-c2nc(-c3ccc(F)cc3)c(C)s2)cc1N. The molecule has 0 fully saturated rings. The van der Waals surface area contributed by atoms with Crippen LogP contribution in [0.5, 0.6) is 5.75 Å². The van der Waals surface area contributed by atoms with Gasteiger partial charge in [-0.1, -0.05) is 0 Å². The van der Waals surface area contributed by atoms with Gasteiger partial charge in [0, 0.05) is 16.0 Å². The maximum Gasteiger partial charge on any atom is 0.142 e. The Morgan fingerprint density at radius 1 is 1.13 bits per heavy atom. The number of benzene rings is 2. The summed E-state index contributed by atoms with van der Waals surface area (Å²) in [7, 11) is 0. The van der Waals surface area contributed by atoms with Crippen LogP contribution in [0.3, 0.4) is 0 Å². The van der Waals surface area contributed by atoms with E-state index in [1.807, 2.05) is 32.0 Å². The number of aromatic nitrogens is 1. The van der Waals surface area contributed by atoms with Gasteiger partial charge in [0.1, 0.15) is 16.6 Å². The molecule has 0 unspecified atom stereocenters. The predicted octanol–water partition coefficient (Wildman–Crippen LogP) is 4.91. The van der Waals surface area contributed by atoms with Gasteiger partial charge in [-0.15, -0.1) is 11.3 Å². The molecule has 3 nitrogen and oxygen atoms in total. The van der Waals surface area contributed by atoms with Crippen molar-refractivity contribution in [2.24, 2.45) is 0 Å². The average Bonchev–Trinajstić information content (AvgIpc) is 2.92. The van der Waals surface area contributed by atoms with Crippen LogP contribution in [-0.4, -0.2) is 11.6 Å². The van der Waals surface area contributed by atoms with Crippen LogP contribution in [0.2, 0.25) is 0 Å². The van der Waals surface area contributed by atoms with Crippen molar-refractivity contribution in [3.63, 3.8) is 0 Å². The lowest BCUT2D eigenvalue weighted by Crippen LogP contribution is -1.96. The van der Waals surface area contributed by atoms with E-state index in [2.05, 4.69) is 0 Å². The van der Waals surface area contributed by atoms with Crippen molar-refractivity contribution in [3.05, 3.63) is 53.2 Å². The summed E-state index contributed by atoms with van der Waals surface area (Å²) in [5.41, 5.74) is 9.36. The highest BCUT2D eigenvalue weighted by Crippen LogP contribution is 2.35. The third-order valence-electron chi connectivity index (χ3n) is 3.47. The first-order valence-electron chi connectivity index (χ1n) is 7.34. The smallest absolute Gasteiger partial charge is 0.142 e. The van der Waals surface area contributed by atoms with Crippen LogP contribution in [-0.2, 0) is 0 Å². The van der Waals surface area contributed by atoms with E-state index in [-0.39, 0.29) is 5.82 Å². The molecule has 2 aromatic carbocycles. The second-order valence-electron chi connectivity index (χ2n) is 5.12. The Balaban J connectivity index is 1.97. The molecule has 0 bridgehead atoms. The van der Waals surface area contributed by atoms with Crippen molar-refractivity contribution in [3.8, 4) is 27.6 Å². The minimum Gasteiger partial charge on any atom is -0.492 e. The zero-order chi connectivity index (χ0) is 16.4. The van der Waals surface area contributed by atoms with E-state index in [4.69, 9.17) is 15.5 Å². The van der Waals surface area contributed by atoms with Crippen LogP contribution in [0.1, 0.15) is 11.8 Å². The Morgan fingerprint density at radius 2 is 1.83 bits per heavy atom. The molecule has 2 N–H and O–H groups in total. The molecule has 0 radical (unpaired) electrons. The predicted molar refractivity (Wildman–Crippen MR) is 93.3 cm³/mol. The maximum atomic E-state index is 13.1. The van der Waals surface area contributed by atoms with E-state index in [0.717, 1.165) is 26.7 Å². The number of nitrogens with zero attached hydrogens (tertiary/aromatic N) is 1. The fraction of sp³-hybridized carbons (Fsp3) is 0.167. The minimum absolute atomic E-state index is 0.249. The molecule has 0 aliphatic heterocycles. The van der Waals surface area contributed by atoms with Crippen molar-refractivity contribution >= 4 is 17.0 Å². The Bertz CT molecular complexity index is 828. The van der Waals surface area contributed by atoms with E-state index in [1.54, 1.807) is 23.5 Å². The van der Waals surface area contributed by atoms with Crippen molar-refractivity contribution in [2.45, 2.75) is 13.8 Å². The Kier molecular flexibility index (Phi) is 4.30. The van der Waals surface area contributed by atoms with Gasteiger partial charge in [0.05, 0.1) is 18.0 Å². The molecule has 23 heavy (non-hydrogen) atoms. The summed E-state index contributed by atoms with van der Waals surface area (Å²) >= 11 is 1.59.